The van der Waals surface area contributed by atoms with Crippen LogP contribution in [0.15, 0.2) is 29.2 Å². The molecule has 0 aliphatic heterocycles. The molecule has 1 unspecified atom stereocenters. The molecule has 0 aliphatic carbocycles. The molecule has 0 heterocycles. The lowest BCUT2D eigenvalue weighted by Gasteiger charge is -2.35. The van der Waals surface area contributed by atoms with Gasteiger partial charge in [0.2, 0.25) is 0 Å². The van der Waals surface area contributed by atoms with E-state index in [4.69, 9.17) is 18.0 Å². The predicted octanol–water partition coefficient (Wildman–Crippen LogP) is 3.73. The molecule has 0 saturated carbocycles. The highest BCUT2D eigenvalue weighted by Gasteiger charge is 2.52. The summed E-state index contributed by atoms with van der Waals surface area (Å²) in [6, 6.07) is 4.62. The van der Waals surface area contributed by atoms with Crippen LogP contribution in [-0.4, -0.2) is 48.3 Å². The second-order valence-electron chi connectivity index (χ2n) is 5.31. The average molecular weight is 431 g/mol. The van der Waals surface area contributed by atoms with Crippen LogP contribution in [0.5, 0.6) is 5.75 Å². The first-order valence-corrected chi connectivity index (χ1v) is 11.9. The largest absolute Gasteiger partial charge is 0.543 e. The number of sulfone groups is 1. The number of ether oxygens (including phenoxy) is 1. The van der Waals surface area contributed by atoms with Crippen molar-refractivity contribution in [3.8, 4) is 5.75 Å². The van der Waals surface area contributed by atoms with Crippen molar-refractivity contribution in [1.29, 1.82) is 0 Å². The molecule has 27 heavy (non-hydrogen) atoms. The molecule has 0 amide bonds. The third-order valence-corrected chi connectivity index (χ3v) is 8.43. The molecule has 1 rings (SSSR count). The molecule has 6 nitrogen and oxygen atoms in total. The van der Waals surface area contributed by atoms with Gasteiger partial charge < -0.3 is 18.0 Å². The molecule has 0 bridgehead atoms. The summed E-state index contributed by atoms with van der Waals surface area (Å²) >= 11 is 0. The maximum absolute atomic E-state index is 13.0. The van der Waals surface area contributed by atoms with Crippen LogP contribution in [-0.2, 0) is 23.1 Å². The molecule has 0 spiro atoms. The van der Waals surface area contributed by atoms with Crippen LogP contribution in [0.3, 0.4) is 0 Å². The molecule has 0 radical (unpaired) electrons. The standard InChI is InChI=1S/C16H25F3O6SSi/c1-5-15(27(22-6-2,23-7-3)24-8-4)25-13-11-9-10-12-14(13)26(20,21)16(17,18)19/h9-12,15H,5-8H2,1-4H3. The van der Waals surface area contributed by atoms with Crippen LogP contribution in [0.1, 0.15) is 34.1 Å². The number of benzene rings is 1. The Bertz CT molecular complexity index is 679. The molecule has 0 saturated heterocycles. The summed E-state index contributed by atoms with van der Waals surface area (Å²) in [4.78, 5) is -0.955. The topological polar surface area (TPSA) is 71.1 Å². The lowest BCUT2D eigenvalue weighted by atomic mass is 10.3. The van der Waals surface area contributed by atoms with E-state index in [1.807, 2.05) is 0 Å². The average Bonchev–Trinajstić information content (AvgIpc) is 2.59. The van der Waals surface area contributed by atoms with E-state index in [2.05, 4.69) is 0 Å². The van der Waals surface area contributed by atoms with E-state index in [-0.39, 0.29) is 26.2 Å². The van der Waals surface area contributed by atoms with Crippen LogP contribution in [0.2, 0.25) is 0 Å². The molecule has 1 aromatic carbocycles. The molecule has 1 atom stereocenters. The Morgan fingerprint density at radius 2 is 1.44 bits per heavy atom. The number of alkyl halides is 3. The van der Waals surface area contributed by atoms with E-state index in [1.165, 1.54) is 18.2 Å². The number of rotatable bonds is 11. The van der Waals surface area contributed by atoms with Gasteiger partial charge in [-0.05, 0) is 39.3 Å². The minimum Gasteiger partial charge on any atom is -0.484 e. The second kappa shape index (κ2) is 9.87. The van der Waals surface area contributed by atoms with Gasteiger partial charge in [0.15, 0.2) is 5.73 Å². The van der Waals surface area contributed by atoms with Crippen LogP contribution >= 0.6 is 0 Å². The summed E-state index contributed by atoms with van der Waals surface area (Å²) in [6.45, 7) is 7.65. The van der Waals surface area contributed by atoms with Crippen molar-refractivity contribution < 1.29 is 39.6 Å². The summed E-state index contributed by atoms with van der Waals surface area (Å²) in [5.74, 6) is -0.419. The number of hydrogen-bond acceptors (Lipinski definition) is 6. The van der Waals surface area contributed by atoms with Crippen molar-refractivity contribution in [1.82, 2.24) is 0 Å². The van der Waals surface area contributed by atoms with E-state index < -0.39 is 40.5 Å². The van der Waals surface area contributed by atoms with E-state index in [9.17, 15) is 21.6 Å². The fourth-order valence-electron chi connectivity index (χ4n) is 2.46. The summed E-state index contributed by atoms with van der Waals surface area (Å²) in [6.07, 6.45) is 0.284. The molecule has 0 fully saturated rings. The lowest BCUT2D eigenvalue weighted by molar-refractivity contribution is -0.0437. The van der Waals surface area contributed by atoms with Crippen molar-refractivity contribution >= 4 is 18.6 Å². The van der Waals surface area contributed by atoms with Gasteiger partial charge in [0.1, 0.15) is 10.6 Å². The van der Waals surface area contributed by atoms with Gasteiger partial charge in [0, 0.05) is 19.8 Å². The highest BCUT2D eigenvalue weighted by Crippen LogP contribution is 2.36. The highest BCUT2D eigenvalue weighted by atomic mass is 32.2. The Morgan fingerprint density at radius 3 is 1.85 bits per heavy atom. The number of para-hydroxylation sites is 1. The molecule has 11 heteroatoms. The first-order valence-electron chi connectivity index (χ1n) is 8.58. The Hall–Kier alpha value is -1.14. The van der Waals surface area contributed by atoms with Gasteiger partial charge in [-0.2, -0.15) is 13.2 Å². The zero-order valence-corrected chi connectivity index (χ0v) is 17.5. The quantitative estimate of drug-likeness (QED) is 0.498. The van der Waals surface area contributed by atoms with Crippen molar-refractivity contribution in [2.75, 3.05) is 19.8 Å². The third kappa shape index (κ3) is 5.44. The first kappa shape index (κ1) is 23.9. The molecule has 0 aromatic heterocycles. The van der Waals surface area contributed by atoms with Crippen molar-refractivity contribution in [2.24, 2.45) is 0 Å². The summed E-state index contributed by atoms with van der Waals surface area (Å²) in [5, 5.41) is 0. The van der Waals surface area contributed by atoms with E-state index >= 15 is 0 Å². The van der Waals surface area contributed by atoms with Gasteiger partial charge >= 0.3 is 14.3 Å². The minimum absolute atomic E-state index is 0.245. The van der Waals surface area contributed by atoms with E-state index in [0.717, 1.165) is 6.07 Å². The van der Waals surface area contributed by atoms with Gasteiger partial charge in [0.25, 0.3) is 9.84 Å². The summed E-state index contributed by atoms with van der Waals surface area (Å²) < 4.78 is 85.7. The summed E-state index contributed by atoms with van der Waals surface area (Å²) in [7, 11) is -9.01. The van der Waals surface area contributed by atoms with Crippen molar-refractivity contribution in [2.45, 2.75) is 50.2 Å². The van der Waals surface area contributed by atoms with Crippen molar-refractivity contribution in [3.63, 3.8) is 0 Å². The molecular weight excluding hydrogens is 405 g/mol. The van der Waals surface area contributed by atoms with E-state index in [1.54, 1.807) is 27.7 Å². The van der Waals surface area contributed by atoms with Gasteiger partial charge in [-0.1, -0.05) is 19.1 Å². The van der Waals surface area contributed by atoms with Crippen LogP contribution in [0.4, 0.5) is 13.2 Å². The Kier molecular flexibility index (Phi) is 8.74. The van der Waals surface area contributed by atoms with Crippen LogP contribution < -0.4 is 4.74 Å². The van der Waals surface area contributed by atoms with Gasteiger partial charge in [0.05, 0.1) is 0 Å². The van der Waals surface area contributed by atoms with E-state index in [0.29, 0.717) is 0 Å². The van der Waals surface area contributed by atoms with Gasteiger partial charge in [-0.25, -0.2) is 8.42 Å². The molecule has 0 aliphatic rings. The maximum atomic E-state index is 13.0. The van der Waals surface area contributed by atoms with Gasteiger partial charge in [-0.3, -0.25) is 0 Å². The Labute approximate surface area is 158 Å². The third-order valence-electron chi connectivity index (χ3n) is 3.51. The fourth-order valence-corrected chi connectivity index (χ4v) is 6.13. The molecular formula is C16H25F3O6SSi. The molecule has 156 valence electrons. The highest BCUT2D eigenvalue weighted by molar-refractivity contribution is 7.92. The molecule has 0 N–H and O–H groups in total. The Balaban J connectivity index is 3.39. The predicted molar refractivity (Wildman–Crippen MR) is 95.0 cm³/mol. The van der Waals surface area contributed by atoms with Crippen LogP contribution in [0, 0.1) is 0 Å². The summed E-state index contributed by atoms with van der Waals surface area (Å²) in [5.41, 5.74) is -6.32. The van der Waals surface area contributed by atoms with Gasteiger partial charge in [-0.15, -0.1) is 0 Å². The lowest BCUT2D eigenvalue weighted by Crippen LogP contribution is -2.58. The van der Waals surface area contributed by atoms with Crippen LogP contribution in [0.25, 0.3) is 0 Å². The SMILES string of the molecule is CCO[Si](OCC)(OCC)C(CC)Oc1ccccc1S(=O)(=O)C(F)(F)F. The minimum atomic E-state index is -5.58. The first-order chi connectivity index (χ1) is 12.6. The second-order valence-corrected chi connectivity index (χ2v) is 9.94. The molecule has 1 aromatic rings. The number of halogens is 3. The maximum Gasteiger partial charge on any atom is 0.543 e. The Morgan fingerprint density at radius 1 is 0.963 bits per heavy atom. The smallest absolute Gasteiger partial charge is 0.484 e. The number of hydrogen-bond donors (Lipinski definition) is 0. The van der Waals surface area contributed by atoms with Crippen molar-refractivity contribution in [3.05, 3.63) is 24.3 Å². The normalized spacial score (nSPS) is 14.2. The zero-order valence-electron chi connectivity index (χ0n) is 15.7. The zero-order chi connectivity index (χ0) is 20.7. The monoisotopic (exact) mass is 430 g/mol. The fraction of sp³-hybridized carbons (Fsp3) is 0.625.